The molecule has 0 saturated heterocycles. The molecule has 88 valence electrons. The van der Waals surface area contributed by atoms with Gasteiger partial charge in [0.1, 0.15) is 5.78 Å². The summed E-state index contributed by atoms with van der Waals surface area (Å²) in [6, 6.07) is 13.9. The van der Waals surface area contributed by atoms with E-state index in [9.17, 15) is 4.79 Å². The lowest BCUT2D eigenvalue weighted by Crippen LogP contribution is -2.11. The van der Waals surface area contributed by atoms with Crippen LogP contribution in [0.2, 0.25) is 0 Å². The molecule has 1 heterocycles. The maximum absolute atomic E-state index is 12.1. The number of ketones is 1. The molecule has 1 aromatic carbocycles. The summed E-state index contributed by atoms with van der Waals surface area (Å²) in [6.45, 7) is 1.97. The van der Waals surface area contributed by atoms with Crippen LogP contribution in [-0.2, 0) is 11.2 Å². The Hall–Kier alpha value is -0.930. The first-order chi connectivity index (χ1) is 8.16. The molecule has 1 unspecified atom stereocenters. The summed E-state index contributed by atoms with van der Waals surface area (Å²) in [5.41, 5.74) is 1.09. The lowest BCUT2D eigenvalue weighted by molar-refractivity contribution is -0.119. The number of carbonyl (C=O) groups is 1. The Bertz CT molecular complexity index is 504. The minimum atomic E-state index is -0.0305. The van der Waals surface area contributed by atoms with Gasteiger partial charge in [0.05, 0.1) is 3.79 Å². The molecule has 0 aliphatic heterocycles. The summed E-state index contributed by atoms with van der Waals surface area (Å²) < 4.78 is 1.08. The van der Waals surface area contributed by atoms with Crippen molar-refractivity contribution in [3.05, 3.63) is 56.7 Å². The number of rotatable bonds is 4. The smallest absolute Gasteiger partial charge is 0.145 e. The van der Waals surface area contributed by atoms with E-state index >= 15 is 0 Å². The van der Waals surface area contributed by atoms with Crippen molar-refractivity contribution in [1.29, 1.82) is 0 Å². The number of thiophene rings is 1. The Morgan fingerprint density at radius 1 is 1.24 bits per heavy atom. The van der Waals surface area contributed by atoms with Crippen LogP contribution in [0, 0.1) is 0 Å². The van der Waals surface area contributed by atoms with E-state index in [-0.39, 0.29) is 11.7 Å². The zero-order valence-corrected chi connectivity index (χ0v) is 11.9. The molecular formula is C14H13BrOS. The third-order valence-corrected chi connectivity index (χ3v) is 4.38. The number of carbonyl (C=O) groups excluding carboxylic acids is 1. The van der Waals surface area contributed by atoms with Gasteiger partial charge in [0.25, 0.3) is 0 Å². The zero-order valence-electron chi connectivity index (χ0n) is 9.52. The molecule has 1 nitrogen and oxygen atoms in total. The van der Waals surface area contributed by atoms with Crippen LogP contribution < -0.4 is 0 Å². The van der Waals surface area contributed by atoms with E-state index in [1.54, 1.807) is 11.3 Å². The van der Waals surface area contributed by atoms with E-state index in [0.717, 1.165) is 14.2 Å². The Labute approximate surface area is 114 Å². The summed E-state index contributed by atoms with van der Waals surface area (Å²) in [5.74, 6) is 0.239. The highest BCUT2D eigenvalue weighted by Gasteiger charge is 2.15. The molecular weight excluding hydrogens is 296 g/mol. The quantitative estimate of drug-likeness (QED) is 0.817. The third-order valence-electron chi connectivity index (χ3n) is 2.76. The molecule has 0 aliphatic carbocycles. The van der Waals surface area contributed by atoms with Crippen LogP contribution in [-0.4, -0.2) is 5.78 Å². The second kappa shape index (κ2) is 5.61. The fourth-order valence-corrected chi connectivity index (χ4v) is 3.19. The molecule has 0 N–H and O–H groups in total. The van der Waals surface area contributed by atoms with Crippen LogP contribution in [0.5, 0.6) is 0 Å². The molecule has 0 bridgehead atoms. The minimum Gasteiger partial charge on any atom is -0.299 e. The Morgan fingerprint density at radius 3 is 2.53 bits per heavy atom. The minimum absolute atomic E-state index is 0.0305. The maximum Gasteiger partial charge on any atom is 0.145 e. The molecule has 1 atom stereocenters. The van der Waals surface area contributed by atoms with Crippen molar-refractivity contribution in [3.63, 3.8) is 0 Å². The lowest BCUT2D eigenvalue weighted by atomic mass is 9.95. The summed E-state index contributed by atoms with van der Waals surface area (Å²) in [6.07, 6.45) is 0.520. The molecule has 2 rings (SSSR count). The fourth-order valence-electron chi connectivity index (χ4n) is 1.70. The van der Waals surface area contributed by atoms with Gasteiger partial charge in [0.15, 0.2) is 0 Å². The van der Waals surface area contributed by atoms with Gasteiger partial charge in [-0.3, -0.25) is 4.79 Å². The van der Waals surface area contributed by atoms with Gasteiger partial charge in [-0.25, -0.2) is 0 Å². The monoisotopic (exact) mass is 308 g/mol. The van der Waals surface area contributed by atoms with Crippen molar-refractivity contribution >= 4 is 33.0 Å². The second-order valence-electron chi connectivity index (χ2n) is 3.98. The van der Waals surface area contributed by atoms with Crippen LogP contribution >= 0.6 is 27.3 Å². The molecule has 3 heteroatoms. The van der Waals surface area contributed by atoms with Crippen molar-refractivity contribution < 1.29 is 4.79 Å². The normalized spacial score (nSPS) is 12.4. The molecule has 1 aromatic heterocycles. The van der Waals surface area contributed by atoms with Gasteiger partial charge < -0.3 is 0 Å². The molecule has 0 spiro atoms. The number of Topliss-reactive ketones (excluding diaryl/α,β-unsaturated/α-hetero) is 1. The van der Waals surface area contributed by atoms with E-state index in [4.69, 9.17) is 0 Å². The SMILES string of the molecule is CC(C(=O)Cc1ccc(Br)s1)c1ccccc1. The second-order valence-corrected chi connectivity index (χ2v) is 6.53. The molecule has 0 aliphatic rings. The number of hydrogen-bond acceptors (Lipinski definition) is 2. The average Bonchev–Trinajstić information content (AvgIpc) is 2.75. The van der Waals surface area contributed by atoms with Crippen molar-refractivity contribution in [2.45, 2.75) is 19.3 Å². The Kier molecular flexibility index (Phi) is 4.13. The number of benzene rings is 1. The van der Waals surface area contributed by atoms with Crippen LogP contribution in [0.3, 0.4) is 0 Å². The summed E-state index contributed by atoms with van der Waals surface area (Å²) in [7, 11) is 0. The highest BCUT2D eigenvalue weighted by atomic mass is 79.9. The van der Waals surface area contributed by atoms with E-state index in [2.05, 4.69) is 15.9 Å². The van der Waals surface area contributed by atoms with E-state index in [0.29, 0.717) is 6.42 Å². The van der Waals surface area contributed by atoms with Gasteiger partial charge in [0.2, 0.25) is 0 Å². The summed E-state index contributed by atoms with van der Waals surface area (Å²) in [5, 5.41) is 0. The molecule has 2 aromatic rings. The van der Waals surface area contributed by atoms with Gasteiger partial charge in [-0.2, -0.15) is 0 Å². The highest BCUT2D eigenvalue weighted by molar-refractivity contribution is 9.11. The van der Waals surface area contributed by atoms with Crippen LogP contribution in [0.4, 0.5) is 0 Å². The van der Waals surface area contributed by atoms with Crippen molar-refractivity contribution in [2.75, 3.05) is 0 Å². The van der Waals surface area contributed by atoms with Crippen LogP contribution in [0.1, 0.15) is 23.3 Å². The highest BCUT2D eigenvalue weighted by Crippen LogP contribution is 2.25. The first-order valence-corrected chi connectivity index (χ1v) is 7.09. The first kappa shape index (κ1) is 12.5. The topological polar surface area (TPSA) is 17.1 Å². The van der Waals surface area contributed by atoms with Crippen LogP contribution in [0.15, 0.2) is 46.3 Å². The largest absolute Gasteiger partial charge is 0.299 e. The molecule has 0 fully saturated rings. The number of hydrogen-bond donors (Lipinski definition) is 0. The summed E-state index contributed by atoms with van der Waals surface area (Å²) >= 11 is 5.04. The average molecular weight is 309 g/mol. The van der Waals surface area contributed by atoms with Crippen molar-refractivity contribution in [3.8, 4) is 0 Å². The molecule has 17 heavy (non-hydrogen) atoms. The van der Waals surface area contributed by atoms with Gasteiger partial charge >= 0.3 is 0 Å². The Morgan fingerprint density at radius 2 is 1.94 bits per heavy atom. The predicted molar refractivity (Wildman–Crippen MR) is 75.6 cm³/mol. The third kappa shape index (κ3) is 3.27. The predicted octanol–water partition coefficient (Wildman–Crippen LogP) is 4.43. The summed E-state index contributed by atoms with van der Waals surface area (Å²) in [4.78, 5) is 13.2. The van der Waals surface area contributed by atoms with Gasteiger partial charge in [-0.05, 0) is 33.6 Å². The first-order valence-electron chi connectivity index (χ1n) is 5.48. The van der Waals surface area contributed by atoms with Crippen LogP contribution in [0.25, 0.3) is 0 Å². The zero-order chi connectivity index (χ0) is 12.3. The maximum atomic E-state index is 12.1. The van der Waals surface area contributed by atoms with Gasteiger partial charge in [-0.15, -0.1) is 11.3 Å². The van der Waals surface area contributed by atoms with Gasteiger partial charge in [-0.1, -0.05) is 37.3 Å². The lowest BCUT2D eigenvalue weighted by Gasteiger charge is -2.09. The van der Waals surface area contributed by atoms with Gasteiger partial charge in [0, 0.05) is 17.2 Å². The van der Waals surface area contributed by atoms with Crippen molar-refractivity contribution in [1.82, 2.24) is 0 Å². The van der Waals surface area contributed by atoms with E-state index < -0.39 is 0 Å². The standard InChI is InChI=1S/C14H13BrOS/c1-10(11-5-3-2-4-6-11)13(16)9-12-7-8-14(15)17-12/h2-8,10H,9H2,1H3. The number of halogens is 1. The molecule has 0 radical (unpaired) electrons. The molecule has 0 saturated carbocycles. The fraction of sp³-hybridized carbons (Fsp3) is 0.214. The Balaban J connectivity index is 2.06. The van der Waals surface area contributed by atoms with E-state index in [1.807, 2.05) is 49.4 Å². The molecule has 0 amide bonds. The van der Waals surface area contributed by atoms with Crippen molar-refractivity contribution in [2.24, 2.45) is 0 Å². The van der Waals surface area contributed by atoms with E-state index in [1.165, 1.54) is 0 Å².